The third kappa shape index (κ3) is 2.98. The number of fused-ring (bicyclic) bond motifs is 1. The smallest absolute Gasteiger partial charge is 0.202 e. The predicted octanol–water partition coefficient (Wildman–Crippen LogP) is 2.40. The summed E-state index contributed by atoms with van der Waals surface area (Å²) in [6.07, 6.45) is 2.75. The minimum absolute atomic E-state index is 0.488. The maximum atomic E-state index is 5.95. The van der Waals surface area contributed by atoms with E-state index in [2.05, 4.69) is 35.8 Å². The van der Waals surface area contributed by atoms with Crippen LogP contribution in [-0.2, 0) is 6.54 Å². The van der Waals surface area contributed by atoms with E-state index in [0.717, 1.165) is 30.7 Å². The number of anilines is 1. The molecule has 2 N–H and O–H groups in total. The predicted molar refractivity (Wildman–Crippen MR) is 79.3 cm³/mol. The second-order valence-corrected chi connectivity index (χ2v) is 5.29. The molecule has 1 unspecified atom stereocenters. The largest absolute Gasteiger partial charge is 0.369 e. The molecule has 2 rings (SSSR count). The van der Waals surface area contributed by atoms with Crippen LogP contribution in [0.1, 0.15) is 20.3 Å². The molecule has 0 aliphatic carbocycles. The van der Waals surface area contributed by atoms with Crippen LogP contribution in [0, 0.1) is 0 Å². The highest BCUT2D eigenvalue weighted by molar-refractivity contribution is 6.31. The van der Waals surface area contributed by atoms with E-state index in [9.17, 15) is 0 Å². The van der Waals surface area contributed by atoms with Gasteiger partial charge in [0.25, 0.3) is 0 Å². The summed E-state index contributed by atoms with van der Waals surface area (Å²) >= 11 is 5.91. The zero-order valence-electron chi connectivity index (χ0n) is 11.6. The van der Waals surface area contributed by atoms with Crippen molar-refractivity contribution in [3.8, 4) is 0 Å². The zero-order chi connectivity index (χ0) is 14.0. The molecule has 1 atom stereocenters. The molecule has 5 nitrogen and oxygen atoms in total. The molecule has 0 aromatic carbocycles. The van der Waals surface area contributed by atoms with E-state index in [0.29, 0.717) is 17.0 Å². The molecule has 0 amide bonds. The molecule has 0 bridgehead atoms. The maximum absolute atomic E-state index is 5.95. The Labute approximate surface area is 118 Å². The normalized spacial score (nSPS) is 13.3. The minimum atomic E-state index is 0.488. The van der Waals surface area contributed by atoms with Crippen molar-refractivity contribution < 1.29 is 0 Å². The van der Waals surface area contributed by atoms with Crippen LogP contribution in [0.5, 0.6) is 0 Å². The molecule has 2 heterocycles. The van der Waals surface area contributed by atoms with Crippen molar-refractivity contribution in [2.45, 2.75) is 32.9 Å². The number of hydrogen-bond donors (Lipinski definition) is 1. The summed E-state index contributed by atoms with van der Waals surface area (Å²) in [6.45, 7) is 6.09. The Morgan fingerprint density at radius 2 is 2.26 bits per heavy atom. The Hall–Kier alpha value is -1.33. The lowest BCUT2D eigenvalue weighted by Gasteiger charge is -2.23. The third-order valence-corrected chi connectivity index (χ3v) is 3.81. The van der Waals surface area contributed by atoms with E-state index in [1.165, 1.54) is 0 Å². The van der Waals surface area contributed by atoms with Crippen molar-refractivity contribution in [1.29, 1.82) is 0 Å². The molecule has 2 aromatic rings. The third-order valence-electron chi connectivity index (χ3n) is 3.60. The maximum Gasteiger partial charge on any atom is 0.202 e. The second kappa shape index (κ2) is 5.75. The first-order valence-electron chi connectivity index (χ1n) is 6.50. The molecule has 0 radical (unpaired) electrons. The van der Waals surface area contributed by atoms with Gasteiger partial charge in [-0.25, -0.2) is 9.97 Å². The summed E-state index contributed by atoms with van der Waals surface area (Å²) in [5, 5.41) is 0.578. The molecule has 0 fully saturated rings. The van der Waals surface area contributed by atoms with Gasteiger partial charge in [-0.05, 0) is 26.5 Å². The summed E-state index contributed by atoms with van der Waals surface area (Å²) in [6, 6.07) is 2.34. The van der Waals surface area contributed by atoms with Gasteiger partial charge in [-0.3, -0.25) is 4.57 Å². The van der Waals surface area contributed by atoms with E-state index in [4.69, 9.17) is 17.3 Å². The molecular formula is C13H20ClN5. The van der Waals surface area contributed by atoms with Crippen molar-refractivity contribution in [1.82, 2.24) is 19.4 Å². The summed E-state index contributed by atoms with van der Waals surface area (Å²) in [4.78, 5) is 10.9. The number of aromatic nitrogens is 3. The standard InChI is InChI=1S/C13H20ClN5/c1-4-9(2)18(3)5-6-19-12-11(17-13(19)15)7-10(14)8-16-12/h7-9H,4-6H2,1-3H3,(H2,15,17). The van der Waals surface area contributed by atoms with Gasteiger partial charge in [-0.15, -0.1) is 0 Å². The lowest BCUT2D eigenvalue weighted by Crippen LogP contribution is -2.31. The van der Waals surface area contributed by atoms with Crippen molar-refractivity contribution in [3.63, 3.8) is 0 Å². The molecule has 0 aliphatic heterocycles. The van der Waals surface area contributed by atoms with Crippen molar-refractivity contribution in [2.24, 2.45) is 0 Å². The van der Waals surface area contributed by atoms with Crippen LogP contribution < -0.4 is 5.73 Å². The second-order valence-electron chi connectivity index (χ2n) is 4.86. The number of nitrogen functional groups attached to an aromatic ring is 1. The van der Waals surface area contributed by atoms with Gasteiger partial charge < -0.3 is 10.6 Å². The molecule has 19 heavy (non-hydrogen) atoms. The highest BCUT2D eigenvalue weighted by atomic mass is 35.5. The van der Waals surface area contributed by atoms with Crippen molar-refractivity contribution >= 4 is 28.7 Å². The summed E-state index contributed by atoms with van der Waals surface area (Å²) < 4.78 is 1.94. The molecule has 2 aromatic heterocycles. The number of nitrogens with zero attached hydrogens (tertiary/aromatic N) is 4. The van der Waals surface area contributed by atoms with E-state index < -0.39 is 0 Å². The number of nitrogens with two attached hydrogens (primary N) is 1. The Kier molecular flexibility index (Phi) is 4.27. The number of halogens is 1. The number of rotatable bonds is 5. The number of pyridine rings is 1. The molecular weight excluding hydrogens is 262 g/mol. The van der Waals surface area contributed by atoms with Crippen LogP contribution >= 0.6 is 11.6 Å². The van der Waals surface area contributed by atoms with Crippen LogP contribution in [-0.4, -0.2) is 39.1 Å². The fourth-order valence-corrected chi connectivity index (χ4v) is 2.17. The highest BCUT2D eigenvalue weighted by Crippen LogP contribution is 2.19. The van der Waals surface area contributed by atoms with Gasteiger partial charge in [0.2, 0.25) is 5.95 Å². The summed E-state index contributed by atoms with van der Waals surface area (Å²) in [7, 11) is 2.12. The van der Waals surface area contributed by atoms with Gasteiger partial charge in [0.05, 0.1) is 5.02 Å². The molecule has 0 saturated carbocycles. The molecule has 104 valence electrons. The molecule has 0 aliphatic rings. The highest BCUT2D eigenvalue weighted by Gasteiger charge is 2.12. The van der Waals surface area contributed by atoms with Crippen LogP contribution in [0.25, 0.3) is 11.2 Å². The van der Waals surface area contributed by atoms with Crippen LogP contribution in [0.15, 0.2) is 12.3 Å². The van der Waals surface area contributed by atoms with Gasteiger partial charge in [-0.1, -0.05) is 18.5 Å². The number of likely N-dealkylation sites (N-methyl/N-ethyl adjacent to an activating group) is 1. The lowest BCUT2D eigenvalue weighted by molar-refractivity contribution is 0.244. The Balaban J connectivity index is 2.19. The first-order valence-corrected chi connectivity index (χ1v) is 6.88. The average molecular weight is 282 g/mol. The topological polar surface area (TPSA) is 60.0 Å². The monoisotopic (exact) mass is 281 g/mol. The SMILES string of the molecule is CCC(C)N(C)CCn1c(N)nc2cc(Cl)cnc21. The fraction of sp³-hybridized carbons (Fsp3) is 0.538. The van der Waals surface area contributed by atoms with Gasteiger partial charge in [-0.2, -0.15) is 0 Å². The Bertz CT molecular complexity index is 565. The first-order chi connectivity index (χ1) is 9.02. The average Bonchev–Trinajstić information content (AvgIpc) is 2.69. The summed E-state index contributed by atoms with van der Waals surface area (Å²) in [5.74, 6) is 0.488. The van der Waals surface area contributed by atoms with E-state index in [-0.39, 0.29) is 0 Å². The minimum Gasteiger partial charge on any atom is -0.369 e. The Morgan fingerprint density at radius 1 is 1.53 bits per heavy atom. The van der Waals surface area contributed by atoms with Gasteiger partial charge >= 0.3 is 0 Å². The molecule has 6 heteroatoms. The summed E-state index contributed by atoms with van der Waals surface area (Å²) in [5.41, 5.74) is 7.49. The van der Waals surface area contributed by atoms with E-state index in [1.807, 2.05) is 4.57 Å². The Morgan fingerprint density at radius 3 is 2.95 bits per heavy atom. The lowest BCUT2D eigenvalue weighted by atomic mass is 10.2. The van der Waals surface area contributed by atoms with E-state index in [1.54, 1.807) is 12.3 Å². The molecule has 0 spiro atoms. The van der Waals surface area contributed by atoms with Crippen molar-refractivity contribution in [2.75, 3.05) is 19.3 Å². The van der Waals surface area contributed by atoms with Crippen molar-refractivity contribution in [3.05, 3.63) is 17.3 Å². The first kappa shape index (κ1) is 14.1. The van der Waals surface area contributed by atoms with Crippen LogP contribution in [0.4, 0.5) is 5.95 Å². The number of imidazole rings is 1. The van der Waals surface area contributed by atoms with Gasteiger partial charge in [0.1, 0.15) is 5.52 Å². The zero-order valence-corrected chi connectivity index (χ0v) is 12.4. The quantitative estimate of drug-likeness (QED) is 0.914. The number of hydrogen-bond acceptors (Lipinski definition) is 4. The van der Waals surface area contributed by atoms with Crippen LogP contribution in [0.3, 0.4) is 0 Å². The van der Waals surface area contributed by atoms with E-state index >= 15 is 0 Å². The fourth-order valence-electron chi connectivity index (χ4n) is 2.01. The molecule has 0 saturated heterocycles. The van der Waals surface area contributed by atoms with Crippen LogP contribution in [0.2, 0.25) is 5.02 Å². The van der Waals surface area contributed by atoms with Gasteiger partial charge in [0.15, 0.2) is 5.65 Å². The van der Waals surface area contributed by atoms with Gasteiger partial charge in [0, 0.05) is 25.3 Å².